The van der Waals surface area contributed by atoms with Gasteiger partial charge in [-0.3, -0.25) is 14.5 Å². The van der Waals surface area contributed by atoms with Crippen LogP contribution in [0.1, 0.15) is 50.4 Å². The molecule has 1 fully saturated rings. The van der Waals surface area contributed by atoms with E-state index in [9.17, 15) is 14.7 Å². The highest BCUT2D eigenvalue weighted by atomic mass is 16.5. The van der Waals surface area contributed by atoms with E-state index in [2.05, 4.69) is 20.8 Å². The molecule has 4 aromatic carbocycles. The van der Waals surface area contributed by atoms with Gasteiger partial charge in [-0.2, -0.15) is 0 Å². The Morgan fingerprint density at radius 3 is 2.18 bits per heavy atom. The Hall–Kier alpha value is -4.38. The second-order valence-corrected chi connectivity index (χ2v) is 10.5. The second kappa shape index (κ2) is 9.82. The number of carbonyl (C=O) groups excluding carboxylic acids is 2. The van der Waals surface area contributed by atoms with Crippen LogP contribution in [0.3, 0.4) is 0 Å². The number of anilines is 1. The van der Waals surface area contributed by atoms with Crippen LogP contribution in [-0.2, 0) is 15.0 Å². The molecule has 1 amide bonds. The molecule has 0 aromatic heterocycles. The zero-order valence-corrected chi connectivity index (χ0v) is 22.1. The normalized spacial score (nSPS) is 17.3. The summed E-state index contributed by atoms with van der Waals surface area (Å²) in [4.78, 5) is 28.6. The number of amides is 1. The number of fused-ring (bicyclic) bond motifs is 1. The summed E-state index contributed by atoms with van der Waals surface area (Å²) < 4.78 is 5.57. The topological polar surface area (TPSA) is 66.8 Å². The average Bonchev–Trinajstić information content (AvgIpc) is 3.18. The first kappa shape index (κ1) is 25.3. The van der Waals surface area contributed by atoms with Crippen molar-refractivity contribution in [2.45, 2.75) is 39.2 Å². The summed E-state index contributed by atoms with van der Waals surface area (Å²) in [5.41, 5.74) is 2.96. The quantitative estimate of drug-likeness (QED) is 0.177. The van der Waals surface area contributed by atoms with Gasteiger partial charge in [0.1, 0.15) is 11.5 Å². The maximum absolute atomic E-state index is 13.6. The van der Waals surface area contributed by atoms with Crippen molar-refractivity contribution in [2.75, 3.05) is 11.5 Å². The summed E-state index contributed by atoms with van der Waals surface area (Å²) in [5.74, 6) is -0.900. The molecule has 1 heterocycles. The summed E-state index contributed by atoms with van der Waals surface area (Å²) in [6.45, 7) is 8.83. The van der Waals surface area contributed by atoms with Crippen LogP contribution in [-0.4, -0.2) is 23.4 Å². The summed E-state index contributed by atoms with van der Waals surface area (Å²) in [7, 11) is 0. The first-order valence-electron chi connectivity index (χ1n) is 12.8. The van der Waals surface area contributed by atoms with Crippen LogP contribution in [0, 0.1) is 0 Å². The lowest BCUT2D eigenvalue weighted by atomic mass is 9.85. The fraction of sp³-hybridized carbons (Fsp3) is 0.212. The molecule has 1 saturated heterocycles. The molecule has 5 rings (SSSR count). The molecule has 0 spiro atoms. The van der Waals surface area contributed by atoms with Crippen LogP contribution < -0.4 is 9.64 Å². The van der Waals surface area contributed by atoms with E-state index in [4.69, 9.17) is 4.74 Å². The van der Waals surface area contributed by atoms with Crippen molar-refractivity contribution in [2.24, 2.45) is 0 Å². The van der Waals surface area contributed by atoms with E-state index < -0.39 is 17.7 Å². The van der Waals surface area contributed by atoms with Gasteiger partial charge in [-0.25, -0.2) is 0 Å². The third-order valence-corrected chi connectivity index (χ3v) is 7.01. The van der Waals surface area contributed by atoms with Gasteiger partial charge in [-0.15, -0.1) is 0 Å². The highest BCUT2D eigenvalue weighted by Gasteiger charge is 2.47. The zero-order valence-electron chi connectivity index (χ0n) is 22.1. The van der Waals surface area contributed by atoms with Crippen molar-refractivity contribution in [3.05, 3.63) is 113 Å². The largest absolute Gasteiger partial charge is 0.507 e. The number of hydrogen-bond acceptors (Lipinski definition) is 4. The van der Waals surface area contributed by atoms with Gasteiger partial charge in [0, 0.05) is 11.3 Å². The van der Waals surface area contributed by atoms with Gasteiger partial charge in [-0.1, -0.05) is 87.5 Å². The van der Waals surface area contributed by atoms with Crippen molar-refractivity contribution in [1.82, 2.24) is 0 Å². The lowest BCUT2D eigenvalue weighted by Crippen LogP contribution is -2.29. The van der Waals surface area contributed by atoms with Gasteiger partial charge < -0.3 is 9.84 Å². The van der Waals surface area contributed by atoms with Crippen molar-refractivity contribution in [1.29, 1.82) is 0 Å². The minimum atomic E-state index is -0.791. The standard InChI is InChI=1S/C33H31NO4/c1-5-38-25-19-17-24(18-20-25)34-29(22-13-15-23(16-14-22)33(2,3)4)28(31(36)32(34)37)30(35)27-12-8-10-21-9-6-7-11-26(21)27/h6-20,29,35H,5H2,1-4H3/b30-28-. The molecule has 0 radical (unpaired) electrons. The Balaban J connectivity index is 1.71. The van der Waals surface area contributed by atoms with E-state index in [1.54, 1.807) is 30.3 Å². The van der Waals surface area contributed by atoms with Gasteiger partial charge in [0.15, 0.2) is 0 Å². The van der Waals surface area contributed by atoms with E-state index in [1.165, 1.54) is 4.90 Å². The number of aliphatic hydroxyl groups excluding tert-OH is 1. The monoisotopic (exact) mass is 505 g/mol. The number of hydrogen-bond donors (Lipinski definition) is 1. The summed E-state index contributed by atoms with van der Waals surface area (Å²) in [6.07, 6.45) is 0. The molecule has 1 N–H and O–H groups in total. The highest BCUT2D eigenvalue weighted by Crippen LogP contribution is 2.43. The van der Waals surface area contributed by atoms with E-state index in [1.807, 2.05) is 67.6 Å². The lowest BCUT2D eigenvalue weighted by molar-refractivity contribution is -0.132. The Morgan fingerprint density at radius 1 is 0.868 bits per heavy atom. The zero-order chi connectivity index (χ0) is 27.0. The third-order valence-electron chi connectivity index (χ3n) is 7.01. The SMILES string of the molecule is CCOc1ccc(N2C(=O)C(=O)/C(=C(\O)c3cccc4ccccc34)C2c2ccc(C(C)(C)C)cc2)cc1. The maximum Gasteiger partial charge on any atom is 0.300 e. The Labute approximate surface area is 223 Å². The van der Waals surface area contributed by atoms with Crippen molar-refractivity contribution >= 4 is 33.9 Å². The number of nitrogens with zero attached hydrogens (tertiary/aromatic N) is 1. The van der Waals surface area contributed by atoms with Crippen molar-refractivity contribution in [3.8, 4) is 5.75 Å². The van der Waals surface area contributed by atoms with Crippen molar-refractivity contribution in [3.63, 3.8) is 0 Å². The molecule has 0 aliphatic carbocycles. The Morgan fingerprint density at radius 2 is 1.53 bits per heavy atom. The highest BCUT2D eigenvalue weighted by molar-refractivity contribution is 6.51. The molecule has 192 valence electrons. The average molecular weight is 506 g/mol. The predicted octanol–water partition coefficient (Wildman–Crippen LogP) is 7.16. The molecule has 0 saturated carbocycles. The van der Waals surface area contributed by atoms with Gasteiger partial charge in [0.2, 0.25) is 0 Å². The molecule has 1 aliphatic rings. The molecule has 0 bridgehead atoms. The van der Waals surface area contributed by atoms with Gasteiger partial charge >= 0.3 is 0 Å². The van der Waals surface area contributed by atoms with Gasteiger partial charge in [0.05, 0.1) is 18.2 Å². The van der Waals surface area contributed by atoms with E-state index in [-0.39, 0.29) is 16.7 Å². The number of ether oxygens (including phenoxy) is 1. The molecule has 4 aromatic rings. The molecule has 1 unspecified atom stereocenters. The van der Waals surface area contributed by atoms with Crippen molar-refractivity contribution < 1.29 is 19.4 Å². The minimum Gasteiger partial charge on any atom is -0.507 e. The molecular weight excluding hydrogens is 474 g/mol. The third kappa shape index (κ3) is 4.45. The molecule has 1 aliphatic heterocycles. The molecule has 38 heavy (non-hydrogen) atoms. The second-order valence-electron chi connectivity index (χ2n) is 10.5. The van der Waals surface area contributed by atoms with Crippen LogP contribution >= 0.6 is 0 Å². The number of Topliss-reactive ketones (excluding diaryl/α,β-unsaturated/α-hetero) is 1. The summed E-state index contributed by atoms with van der Waals surface area (Å²) >= 11 is 0. The van der Waals surface area contributed by atoms with Crippen LogP contribution in [0.25, 0.3) is 16.5 Å². The fourth-order valence-corrected chi connectivity index (χ4v) is 5.03. The number of carbonyl (C=O) groups is 2. The fourth-order valence-electron chi connectivity index (χ4n) is 5.03. The van der Waals surface area contributed by atoms with E-state index in [0.29, 0.717) is 23.6 Å². The molecular formula is C33H31NO4. The number of rotatable bonds is 5. The first-order chi connectivity index (χ1) is 18.2. The first-order valence-corrected chi connectivity index (χ1v) is 12.8. The summed E-state index contributed by atoms with van der Waals surface area (Å²) in [5, 5.41) is 13.4. The summed E-state index contributed by atoms with van der Waals surface area (Å²) in [6, 6.07) is 27.5. The number of ketones is 1. The molecule has 5 heteroatoms. The Bertz CT molecular complexity index is 1540. The van der Waals surface area contributed by atoms with E-state index in [0.717, 1.165) is 21.9 Å². The maximum atomic E-state index is 13.6. The van der Waals surface area contributed by atoms with Crippen LogP contribution in [0.4, 0.5) is 5.69 Å². The number of benzene rings is 4. The van der Waals surface area contributed by atoms with E-state index >= 15 is 0 Å². The van der Waals surface area contributed by atoms with Crippen LogP contribution in [0.2, 0.25) is 0 Å². The van der Waals surface area contributed by atoms with Gasteiger partial charge in [-0.05, 0) is 58.5 Å². The van der Waals surface area contributed by atoms with Gasteiger partial charge in [0.25, 0.3) is 11.7 Å². The lowest BCUT2D eigenvalue weighted by Gasteiger charge is -2.27. The molecule has 1 atom stereocenters. The smallest absolute Gasteiger partial charge is 0.300 e. The predicted molar refractivity (Wildman–Crippen MR) is 151 cm³/mol. The molecule has 5 nitrogen and oxygen atoms in total. The Kier molecular flexibility index (Phi) is 6.53. The van der Waals surface area contributed by atoms with Crippen LogP contribution in [0.5, 0.6) is 5.75 Å². The number of aliphatic hydroxyl groups is 1. The minimum absolute atomic E-state index is 0.0571. The van der Waals surface area contributed by atoms with Crippen LogP contribution in [0.15, 0.2) is 96.6 Å².